The fraction of sp³-hybridized carbons (Fsp3) is 0.250. The second-order valence-corrected chi connectivity index (χ2v) is 6.41. The molecular formula is C16H16N4O3S. The number of carboxylic acids is 1. The Labute approximate surface area is 141 Å². The molecule has 0 aliphatic heterocycles. The molecule has 4 N–H and O–H groups in total. The van der Waals surface area contributed by atoms with Crippen molar-refractivity contribution in [1.82, 2.24) is 15.0 Å². The van der Waals surface area contributed by atoms with Gasteiger partial charge in [0.15, 0.2) is 0 Å². The Kier molecular flexibility index (Phi) is 4.68. The first kappa shape index (κ1) is 16.3. The van der Waals surface area contributed by atoms with Gasteiger partial charge in [0.25, 0.3) is 5.56 Å². The first-order chi connectivity index (χ1) is 11.6. The molecule has 0 fully saturated rings. The smallest absolute Gasteiger partial charge is 0.372 e. The van der Waals surface area contributed by atoms with Crippen LogP contribution in [0.3, 0.4) is 0 Å². The molecule has 0 radical (unpaired) electrons. The van der Waals surface area contributed by atoms with Crippen molar-refractivity contribution in [3.63, 3.8) is 0 Å². The van der Waals surface area contributed by atoms with Gasteiger partial charge in [-0.05, 0) is 36.5 Å². The Morgan fingerprint density at radius 1 is 1.42 bits per heavy atom. The Morgan fingerprint density at radius 2 is 2.25 bits per heavy atom. The summed E-state index contributed by atoms with van der Waals surface area (Å²) in [4.78, 5) is 34.4. The van der Waals surface area contributed by atoms with Gasteiger partial charge < -0.3 is 15.8 Å². The molecule has 0 atom stereocenters. The lowest BCUT2D eigenvalue weighted by atomic mass is 10.2. The molecule has 24 heavy (non-hydrogen) atoms. The quantitative estimate of drug-likeness (QED) is 0.650. The number of hydrogen-bond acceptors (Lipinski definition) is 6. The molecule has 0 unspecified atom stereocenters. The first-order valence-corrected chi connectivity index (χ1v) is 8.28. The van der Waals surface area contributed by atoms with E-state index in [1.54, 1.807) is 12.4 Å². The molecule has 0 saturated carbocycles. The average Bonchev–Trinajstić information content (AvgIpc) is 3.16. The molecule has 1 aliphatic rings. The number of nitrogens with zero attached hydrogens (tertiary/aromatic N) is 2. The fourth-order valence-corrected chi connectivity index (χ4v) is 3.88. The maximum absolute atomic E-state index is 11.8. The molecule has 7 nitrogen and oxygen atoms in total. The molecule has 8 heteroatoms. The number of nitrogens with one attached hydrogen (secondary N) is 1. The summed E-state index contributed by atoms with van der Waals surface area (Å²) >= 11 is 1.44. The number of H-pyrrole nitrogens is 1. The minimum atomic E-state index is -1.20. The molecular weight excluding hydrogens is 328 g/mol. The van der Waals surface area contributed by atoms with Gasteiger partial charge >= 0.3 is 5.97 Å². The highest BCUT2D eigenvalue weighted by molar-refractivity contribution is 7.18. The van der Waals surface area contributed by atoms with Crippen LogP contribution in [-0.4, -0.2) is 26.0 Å². The van der Waals surface area contributed by atoms with E-state index in [2.05, 4.69) is 15.0 Å². The second-order valence-electron chi connectivity index (χ2n) is 5.32. The zero-order chi connectivity index (χ0) is 17.1. The van der Waals surface area contributed by atoms with E-state index in [0.29, 0.717) is 16.8 Å². The minimum Gasteiger partial charge on any atom is -0.475 e. The zero-order valence-electron chi connectivity index (χ0n) is 12.8. The molecule has 0 saturated heterocycles. The summed E-state index contributed by atoms with van der Waals surface area (Å²) in [7, 11) is 0. The van der Waals surface area contributed by atoms with Crippen LogP contribution in [0.5, 0.6) is 0 Å². The van der Waals surface area contributed by atoms with E-state index < -0.39 is 5.97 Å². The van der Waals surface area contributed by atoms with Crippen molar-refractivity contribution in [1.29, 1.82) is 0 Å². The predicted octanol–water partition coefficient (Wildman–Crippen LogP) is 1.71. The van der Waals surface area contributed by atoms with E-state index in [4.69, 9.17) is 10.8 Å². The van der Waals surface area contributed by atoms with E-state index in [9.17, 15) is 9.59 Å². The predicted molar refractivity (Wildman–Crippen MR) is 91.4 cm³/mol. The first-order valence-electron chi connectivity index (χ1n) is 7.47. The lowest BCUT2D eigenvalue weighted by Gasteiger charge is -1.95. The normalized spacial score (nSPS) is 12.5. The molecule has 124 valence electrons. The Bertz CT molecular complexity index is 934. The molecule has 1 aliphatic carbocycles. The van der Waals surface area contributed by atoms with E-state index in [0.717, 1.165) is 30.4 Å². The topological polar surface area (TPSA) is 122 Å². The maximum Gasteiger partial charge on any atom is 0.372 e. The van der Waals surface area contributed by atoms with Crippen molar-refractivity contribution in [2.45, 2.75) is 25.8 Å². The van der Waals surface area contributed by atoms with Crippen LogP contribution in [0.25, 0.3) is 10.2 Å². The summed E-state index contributed by atoms with van der Waals surface area (Å²) in [6.45, 7) is 0.577. The monoisotopic (exact) mass is 344 g/mol. The second kappa shape index (κ2) is 6.90. The van der Waals surface area contributed by atoms with Crippen molar-refractivity contribution in [2.75, 3.05) is 0 Å². The Morgan fingerprint density at radius 3 is 2.88 bits per heavy atom. The standard InChI is InChI=1S/C10H8N2O3S.C6H8N2/c13-8-6-4-2-1-3-5(4)16-9(6)12-7(11-8)10(14)15;7-4-6-2-1-3-8-5-6/h1-3H2,(H,14,15)(H,11,12,13);1-3,5H,4,7H2. The summed E-state index contributed by atoms with van der Waals surface area (Å²) in [5.74, 6) is -1.48. The van der Waals surface area contributed by atoms with Gasteiger partial charge in [0.05, 0.1) is 5.39 Å². The number of carbonyl (C=O) groups is 1. The van der Waals surface area contributed by atoms with E-state index in [-0.39, 0.29) is 11.4 Å². The van der Waals surface area contributed by atoms with Crippen LogP contribution in [0.2, 0.25) is 0 Å². The molecule has 4 rings (SSSR count). The van der Waals surface area contributed by atoms with Gasteiger partial charge in [-0.2, -0.15) is 0 Å². The fourth-order valence-electron chi connectivity index (χ4n) is 2.62. The van der Waals surface area contributed by atoms with Gasteiger partial charge in [-0.25, -0.2) is 9.78 Å². The number of thiophene rings is 1. The average molecular weight is 344 g/mol. The van der Waals surface area contributed by atoms with Crippen LogP contribution in [0.15, 0.2) is 29.3 Å². The third-order valence-electron chi connectivity index (χ3n) is 3.74. The van der Waals surface area contributed by atoms with Crippen LogP contribution in [0.4, 0.5) is 0 Å². The van der Waals surface area contributed by atoms with Crippen LogP contribution < -0.4 is 11.3 Å². The number of pyridine rings is 1. The maximum atomic E-state index is 11.8. The molecule has 0 bridgehead atoms. The lowest BCUT2D eigenvalue weighted by molar-refractivity contribution is 0.0683. The SMILES string of the molecule is NCc1cccnc1.O=C(O)c1nc2sc3c(c2c(=O)[nH]1)CCC3. The highest BCUT2D eigenvalue weighted by Gasteiger charge is 2.21. The molecule has 0 aromatic carbocycles. The number of aromatic nitrogens is 3. The number of fused-ring (bicyclic) bond motifs is 3. The van der Waals surface area contributed by atoms with E-state index >= 15 is 0 Å². The van der Waals surface area contributed by atoms with Gasteiger partial charge in [0.1, 0.15) is 4.83 Å². The molecule has 0 amide bonds. The summed E-state index contributed by atoms with van der Waals surface area (Å²) in [6.07, 6.45) is 6.43. The molecule has 0 spiro atoms. The highest BCUT2D eigenvalue weighted by Crippen LogP contribution is 2.34. The van der Waals surface area contributed by atoms with E-state index in [1.807, 2.05) is 12.1 Å². The van der Waals surface area contributed by atoms with Crippen LogP contribution in [0, 0.1) is 0 Å². The van der Waals surface area contributed by atoms with Crippen LogP contribution >= 0.6 is 11.3 Å². The van der Waals surface area contributed by atoms with Crippen LogP contribution in [-0.2, 0) is 19.4 Å². The van der Waals surface area contributed by atoms with Crippen LogP contribution in [0.1, 0.15) is 33.0 Å². The summed E-state index contributed by atoms with van der Waals surface area (Å²) in [6, 6.07) is 3.83. The lowest BCUT2D eigenvalue weighted by Crippen LogP contribution is -2.15. The van der Waals surface area contributed by atoms with Gasteiger partial charge in [-0.15, -0.1) is 11.3 Å². The Hall–Kier alpha value is -2.58. The van der Waals surface area contributed by atoms with Gasteiger partial charge in [-0.1, -0.05) is 6.07 Å². The highest BCUT2D eigenvalue weighted by atomic mass is 32.1. The molecule has 3 heterocycles. The number of nitrogens with two attached hydrogens (primary N) is 1. The number of rotatable bonds is 2. The van der Waals surface area contributed by atoms with Gasteiger partial charge in [0, 0.05) is 23.8 Å². The summed E-state index contributed by atoms with van der Waals surface area (Å²) < 4.78 is 0. The minimum absolute atomic E-state index is 0.280. The number of hydrogen-bond donors (Lipinski definition) is 3. The third-order valence-corrected chi connectivity index (χ3v) is 4.92. The summed E-state index contributed by atoms with van der Waals surface area (Å²) in [5, 5.41) is 9.37. The van der Waals surface area contributed by atoms with Crippen molar-refractivity contribution in [2.24, 2.45) is 5.73 Å². The van der Waals surface area contributed by atoms with Gasteiger partial charge in [-0.3, -0.25) is 9.78 Å². The third kappa shape index (κ3) is 3.19. The number of aryl methyl sites for hydroxylation is 2. The number of aromatic amines is 1. The largest absolute Gasteiger partial charge is 0.475 e. The van der Waals surface area contributed by atoms with E-state index in [1.165, 1.54) is 16.2 Å². The summed E-state index contributed by atoms with van der Waals surface area (Å²) in [5.41, 5.74) is 7.12. The van der Waals surface area contributed by atoms with Gasteiger partial charge in [0.2, 0.25) is 5.82 Å². The van der Waals surface area contributed by atoms with Crippen molar-refractivity contribution >= 4 is 27.5 Å². The number of aromatic carboxylic acids is 1. The Balaban J connectivity index is 0.000000179. The molecule has 3 aromatic rings. The van der Waals surface area contributed by atoms with Crippen molar-refractivity contribution in [3.05, 3.63) is 56.7 Å². The zero-order valence-corrected chi connectivity index (χ0v) is 13.6. The van der Waals surface area contributed by atoms with Crippen molar-refractivity contribution in [3.8, 4) is 0 Å². The van der Waals surface area contributed by atoms with Crippen molar-refractivity contribution < 1.29 is 9.90 Å². The molecule has 3 aromatic heterocycles. The number of carboxylic acid groups (broad SMARTS) is 1.